The van der Waals surface area contributed by atoms with E-state index in [0.717, 1.165) is 6.42 Å². The molecule has 1 amide bonds. The van der Waals surface area contributed by atoms with Crippen molar-refractivity contribution < 1.29 is 14.6 Å². The van der Waals surface area contributed by atoms with E-state index < -0.39 is 11.6 Å². The Labute approximate surface area is 96.3 Å². The molecule has 0 aliphatic carbocycles. The van der Waals surface area contributed by atoms with Gasteiger partial charge in [-0.1, -0.05) is 13.3 Å². The van der Waals surface area contributed by atoms with Crippen LogP contribution in [0.2, 0.25) is 0 Å². The zero-order valence-electron chi connectivity index (χ0n) is 9.87. The Kier molecular flexibility index (Phi) is 5.18. The minimum Gasteiger partial charge on any atom is -0.388 e. The Morgan fingerprint density at radius 2 is 2.19 bits per heavy atom. The van der Waals surface area contributed by atoms with Crippen molar-refractivity contribution in [2.75, 3.05) is 19.8 Å². The fraction of sp³-hybridized carbons (Fsp3) is 0.909. The molecular weight excluding hydrogens is 208 g/mol. The van der Waals surface area contributed by atoms with Gasteiger partial charge in [0.25, 0.3) is 0 Å². The summed E-state index contributed by atoms with van der Waals surface area (Å²) in [6.45, 7) is 3.35. The Balaban J connectivity index is 2.29. The van der Waals surface area contributed by atoms with Gasteiger partial charge in [0.05, 0.1) is 11.6 Å². The van der Waals surface area contributed by atoms with Crippen LogP contribution in [0.5, 0.6) is 0 Å². The quantitative estimate of drug-likeness (QED) is 0.609. The first kappa shape index (κ1) is 13.4. The average Bonchev–Trinajstić information content (AvgIpc) is 2.27. The topological polar surface area (TPSA) is 84.6 Å². The third-order valence-corrected chi connectivity index (χ3v) is 2.95. The van der Waals surface area contributed by atoms with E-state index in [2.05, 4.69) is 5.32 Å². The van der Waals surface area contributed by atoms with Crippen molar-refractivity contribution in [3.63, 3.8) is 0 Å². The molecular formula is C11H22N2O3. The van der Waals surface area contributed by atoms with E-state index in [1.54, 1.807) is 0 Å². The first-order chi connectivity index (χ1) is 7.57. The van der Waals surface area contributed by atoms with Gasteiger partial charge in [-0.05, 0) is 6.42 Å². The Morgan fingerprint density at radius 1 is 1.56 bits per heavy atom. The Bertz CT molecular complexity index is 227. The fourth-order valence-corrected chi connectivity index (χ4v) is 1.75. The second-order valence-electron chi connectivity index (χ2n) is 4.45. The van der Waals surface area contributed by atoms with Gasteiger partial charge in [0.2, 0.25) is 5.91 Å². The molecule has 1 atom stereocenters. The lowest BCUT2D eigenvalue weighted by Crippen LogP contribution is -2.50. The number of nitrogens with two attached hydrogens (primary N) is 1. The molecule has 0 saturated carbocycles. The number of hydrogen-bond donors (Lipinski definition) is 3. The van der Waals surface area contributed by atoms with Gasteiger partial charge in [-0.25, -0.2) is 0 Å². The van der Waals surface area contributed by atoms with E-state index in [1.165, 1.54) is 0 Å². The van der Waals surface area contributed by atoms with Crippen LogP contribution in [0.25, 0.3) is 0 Å². The zero-order valence-corrected chi connectivity index (χ0v) is 9.87. The fourth-order valence-electron chi connectivity index (χ4n) is 1.75. The van der Waals surface area contributed by atoms with E-state index in [4.69, 9.17) is 10.5 Å². The summed E-state index contributed by atoms with van der Waals surface area (Å²) in [5.41, 5.74) is 4.85. The van der Waals surface area contributed by atoms with Crippen molar-refractivity contribution in [1.29, 1.82) is 0 Å². The predicted octanol–water partition coefficient (Wildman–Crippen LogP) is -0.228. The highest BCUT2D eigenvalue weighted by atomic mass is 16.5. The molecule has 4 N–H and O–H groups in total. The minimum atomic E-state index is -0.820. The van der Waals surface area contributed by atoms with Crippen molar-refractivity contribution in [2.24, 2.45) is 5.73 Å². The normalized spacial score (nSPS) is 21.4. The van der Waals surface area contributed by atoms with Gasteiger partial charge in [0.1, 0.15) is 0 Å². The van der Waals surface area contributed by atoms with Crippen molar-refractivity contribution in [2.45, 2.75) is 44.2 Å². The average molecular weight is 230 g/mol. The molecule has 0 aromatic heterocycles. The lowest BCUT2D eigenvalue weighted by atomic mass is 9.94. The van der Waals surface area contributed by atoms with Gasteiger partial charge in [0.15, 0.2) is 0 Å². The Morgan fingerprint density at radius 3 is 2.75 bits per heavy atom. The maximum Gasteiger partial charge on any atom is 0.237 e. The molecule has 5 nitrogen and oxygen atoms in total. The molecule has 94 valence electrons. The van der Waals surface area contributed by atoms with Gasteiger partial charge in [-0.3, -0.25) is 4.79 Å². The maximum atomic E-state index is 11.5. The number of aliphatic hydroxyl groups is 1. The molecule has 0 aromatic carbocycles. The number of amides is 1. The van der Waals surface area contributed by atoms with Crippen LogP contribution in [0.1, 0.15) is 32.6 Å². The highest BCUT2D eigenvalue weighted by Gasteiger charge is 2.30. The van der Waals surface area contributed by atoms with Crippen LogP contribution in [0, 0.1) is 0 Å². The van der Waals surface area contributed by atoms with Crippen molar-refractivity contribution >= 4 is 5.91 Å². The highest BCUT2D eigenvalue weighted by molar-refractivity contribution is 5.81. The van der Waals surface area contributed by atoms with Crippen LogP contribution >= 0.6 is 0 Å². The lowest BCUT2D eigenvalue weighted by molar-refractivity contribution is -0.125. The highest BCUT2D eigenvalue weighted by Crippen LogP contribution is 2.19. The van der Waals surface area contributed by atoms with E-state index in [1.807, 2.05) is 6.92 Å². The second kappa shape index (κ2) is 6.18. The molecule has 0 spiro atoms. The monoisotopic (exact) mass is 230 g/mol. The summed E-state index contributed by atoms with van der Waals surface area (Å²) in [6.07, 6.45) is 2.69. The van der Waals surface area contributed by atoms with Crippen LogP contribution in [-0.2, 0) is 9.53 Å². The van der Waals surface area contributed by atoms with Gasteiger partial charge in [-0.2, -0.15) is 0 Å². The lowest BCUT2D eigenvalue weighted by Gasteiger charge is -2.32. The molecule has 0 bridgehead atoms. The van der Waals surface area contributed by atoms with E-state index in [9.17, 15) is 9.90 Å². The summed E-state index contributed by atoms with van der Waals surface area (Å²) in [5, 5.41) is 12.8. The molecule has 1 aliphatic heterocycles. The van der Waals surface area contributed by atoms with Gasteiger partial charge in [0, 0.05) is 32.6 Å². The number of ether oxygens (including phenoxy) is 1. The number of carbonyl (C=O) groups is 1. The third-order valence-electron chi connectivity index (χ3n) is 2.95. The largest absolute Gasteiger partial charge is 0.388 e. The summed E-state index contributed by atoms with van der Waals surface area (Å²) in [7, 11) is 0. The Hall–Kier alpha value is -0.650. The zero-order chi connectivity index (χ0) is 12.0. The summed E-state index contributed by atoms with van der Waals surface area (Å²) < 4.78 is 5.16. The number of rotatable bonds is 5. The van der Waals surface area contributed by atoms with Crippen molar-refractivity contribution in [3.05, 3.63) is 0 Å². The van der Waals surface area contributed by atoms with Crippen LogP contribution in [0.4, 0.5) is 0 Å². The van der Waals surface area contributed by atoms with Gasteiger partial charge in [-0.15, -0.1) is 0 Å². The van der Waals surface area contributed by atoms with Crippen molar-refractivity contribution in [3.8, 4) is 0 Å². The molecule has 1 saturated heterocycles. The molecule has 5 heteroatoms. The van der Waals surface area contributed by atoms with Crippen LogP contribution in [-0.4, -0.2) is 42.4 Å². The molecule has 1 rings (SSSR count). The van der Waals surface area contributed by atoms with Crippen molar-refractivity contribution in [1.82, 2.24) is 5.32 Å². The van der Waals surface area contributed by atoms with E-state index >= 15 is 0 Å². The molecule has 0 radical (unpaired) electrons. The number of hydrogen-bond acceptors (Lipinski definition) is 4. The SMILES string of the molecule is CCC[C@@H](N)C(=O)NCC1(O)CCOCC1. The number of nitrogens with one attached hydrogen (secondary N) is 1. The summed E-state index contributed by atoms with van der Waals surface area (Å²) in [4.78, 5) is 11.5. The third kappa shape index (κ3) is 4.08. The summed E-state index contributed by atoms with van der Waals surface area (Å²) in [5.74, 6) is -0.179. The first-order valence-corrected chi connectivity index (χ1v) is 5.91. The van der Waals surface area contributed by atoms with Crippen LogP contribution in [0.3, 0.4) is 0 Å². The molecule has 1 aliphatic rings. The standard InChI is InChI=1S/C11H22N2O3/c1-2-3-9(12)10(14)13-8-11(15)4-6-16-7-5-11/h9,15H,2-8,12H2,1H3,(H,13,14)/t9-/m1/s1. The van der Waals surface area contributed by atoms with E-state index in [-0.39, 0.29) is 12.5 Å². The molecule has 0 aromatic rings. The molecule has 1 fully saturated rings. The summed E-state index contributed by atoms with van der Waals surface area (Å²) >= 11 is 0. The van der Waals surface area contributed by atoms with E-state index in [0.29, 0.717) is 32.5 Å². The minimum absolute atomic E-state index is 0.179. The maximum absolute atomic E-state index is 11.5. The smallest absolute Gasteiger partial charge is 0.237 e. The second-order valence-corrected chi connectivity index (χ2v) is 4.45. The molecule has 0 unspecified atom stereocenters. The molecule has 16 heavy (non-hydrogen) atoms. The summed E-state index contributed by atoms with van der Waals surface area (Å²) in [6, 6.07) is -0.464. The number of carbonyl (C=O) groups excluding carboxylic acids is 1. The van der Waals surface area contributed by atoms with Gasteiger partial charge < -0.3 is 20.9 Å². The predicted molar refractivity (Wildman–Crippen MR) is 60.9 cm³/mol. The van der Waals surface area contributed by atoms with Crippen LogP contribution in [0.15, 0.2) is 0 Å². The molecule has 1 heterocycles. The first-order valence-electron chi connectivity index (χ1n) is 5.91. The van der Waals surface area contributed by atoms with Crippen LogP contribution < -0.4 is 11.1 Å². The van der Waals surface area contributed by atoms with Gasteiger partial charge >= 0.3 is 0 Å².